The summed E-state index contributed by atoms with van der Waals surface area (Å²) in [4.78, 5) is 56.4. The Morgan fingerprint density at radius 3 is 2.12 bits per heavy atom. The van der Waals surface area contributed by atoms with Gasteiger partial charge in [-0.15, -0.1) is 0 Å². The van der Waals surface area contributed by atoms with Gasteiger partial charge < -0.3 is 33.5 Å². The Morgan fingerprint density at radius 2 is 1.51 bits per heavy atom. The molecule has 2 atom stereocenters. The summed E-state index contributed by atoms with van der Waals surface area (Å²) in [5, 5.41) is 2.98. The van der Waals surface area contributed by atoms with Crippen molar-refractivity contribution in [3.63, 3.8) is 0 Å². The molecule has 3 aliphatic heterocycles. The number of nitrogens with one attached hydrogen (secondary N) is 1. The second kappa shape index (κ2) is 20.5. The van der Waals surface area contributed by atoms with E-state index in [0.717, 1.165) is 43.8 Å². The Labute approximate surface area is 388 Å². The molecule has 2 aromatic heterocycles. The minimum Gasteiger partial charge on any atom is -0.467 e. The molecule has 0 spiro atoms. The first-order valence-electron chi connectivity index (χ1n) is 22.1. The average Bonchev–Trinajstić information content (AvgIpc) is 3.93. The molecule has 3 fully saturated rings. The minimum atomic E-state index is -0.771. The van der Waals surface area contributed by atoms with Crippen molar-refractivity contribution in [1.82, 2.24) is 24.8 Å². The standard InChI is InChI=1S/C32H35ClF2N6O5S.C14H27NO3/c1-31(2,3)45-29(42)39-28-37-24-17(10-11-20(34)25(24)47-28)21-19(33)12-18-23(22(21)35)36-27(44-7)38-26(18)40-13-15-8-9-16(14-40)41(15)30(43)46-32(4,5)6;1-14(2,3)18-13(16)7-12-17-11-6-10-15-8-4-5-9-15/h10-12,15-16H,8-9,13-14H2,1-7H3,(H,37,39,42);4-12H2,1-3H3. The monoisotopic (exact) mass is 945 g/mol. The van der Waals surface area contributed by atoms with Gasteiger partial charge in [-0.05, 0) is 126 Å². The Balaban J connectivity index is 0.000000327. The lowest BCUT2D eigenvalue weighted by Gasteiger charge is -2.42. The van der Waals surface area contributed by atoms with E-state index in [0.29, 0.717) is 37.3 Å². The van der Waals surface area contributed by atoms with Crippen LogP contribution in [0, 0.1) is 11.6 Å². The van der Waals surface area contributed by atoms with Crippen LogP contribution in [0.2, 0.25) is 5.02 Å². The number of hydrogen-bond acceptors (Lipinski definition) is 14. The number of benzene rings is 2. The zero-order valence-corrected chi connectivity index (χ0v) is 40.6. The number of nitrogens with zero attached hydrogens (tertiary/aromatic N) is 6. The van der Waals surface area contributed by atoms with Crippen molar-refractivity contribution in [2.24, 2.45) is 0 Å². The highest BCUT2D eigenvalue weighted by atomic mass is 35.5. The van der Waals surface area contributed by atoms with Crippen LogP contribution in [-0.4, -0.2) is 125 Å². The maximum absolute atomic E-state index is 16.7. The summed E-state index contributed by atoms with van der Waals surface area (Å²) in [7, 11) is 1.39. The number of rotatable bonds is 11. The third-order valence-electron chi connectivity index (χ3n) is 10.6. The van der Waals surface area contributed by atoms with Gasteiger partial charge >= 0.3 is 24.2 Å². The van der Waals surface area contributed by atoms with Crippen molar-refractivity contribution >= 4 is 73.2 Å². The first-order chi connectivity index (χ1) is 30.5. The molecule has 1 N–H and O–H groups in total. The molecule has 2 unspecified atom stereocenters. The molecule has 0 saturated carbocycles. The third kappa shape index (κ3) is 13.0. The number of anilines is 2. The molecule has 7 rings (SSSR count). The lowest BCUT2D eigenvalue weighted by molar-refractivity contribution is -0.156. The molecule has 4 aromatic rings. The molecule has 19 heteroatoms. The number of likely N-dealkylation sites (tertiary alicyclic amines) is 1. The minimum absolute atomic E-state index is 0.0305. The van der Waals surface area contributed by atoms with Crippen LogP contribution in [0.3, 0.4) is 0 Å². The van der Waals surface area contributed by atoms with Crippen molar-refractivity contribution in [3.8, 4) is 17.1 Å². The molecule has 2 aromatic carbocycles. The predicted molar refractivity (Wildman–Crippen MR) is 248 cm³/mol. The van der Waals surface area contributed by atoms with Gasteiger partial charge in [0.25, 0.3) is 0 Å². The summed E-state index contributed by atoms with van der Waals surface area (Å²) < 4.78 is 58.7. The fraction of sp³-hybridized carbons (Fsp3) is 0.609. The molecular weight excluding hydrogens is 884 g/mol. The summed E-state index contributed by atoms with van der Waals surface area (Å²) in [6.07, 6.45) is 4.53. The number of carbonyl (C=O) groups is 3. The number of carbonyl (C=O) groups excluding carboxylic acids is 3. The number of amides is 2. The van der Waals surface area contributed by atoms with E-state index in [1.165, 1.54) is 45.2 Å². The molecule has 3 aliphatic rings. The highest BCUT2D eigenvalue weighted by Gasteiger charge is 2.45. The second-order valence-electron chi connectivity index (χ2n) is 19.4. The fourth-order valence-corrected chi connectivity index (χ4v) is 9.27. The molecule has 2 bridgehead atoms. The van der Waals surface area contributed by atoms with E-state index in [1.54, 1.807) is 31.7 Å². The molecule has 356 valence electrons. The summed E-state index contributed by atoms with van der Waals surface area (Å²) in [5.41, 5.74) is -1.55. The Hall–Kier alpha value is -4.65. The highest BCUT2D eigenvalue weighted by molar-refractivity contribution is 7.22. The van der Waals surface area contributed by atoms with Crippen LogP contribution in [-0.2, 0) is 23.7 Å². The number of aromatic nitrogens is 3. The number of hydrogen-bond donors (Lipinski definition) is 1. The van der Waals surface area contributed by atoms with E-state index in [1.807, 2.05) is 46.4 Å². The predicted octanol–water partition coefficient (Wildman–Crippen LogP) is 10.0. The highest BCUT2D eigenvalue weighted by Crippen LogP contribution is 2.44. The van der Waals surface area contributed by atoms with Crippen LogP contribution < -0.4 is 15.0 Å². The Kier molecular flexibility index (Phi) is 15.7. The van der Waals surface area contributed by atoms with Crippen LogP contribution in [0.15, 0.2) is 18.2 Å². The van der Waals surface area contributed by atoms with E-state index < -0.39 is 34.5 Å². The second-order valence-corrected chi connectivity index (χ2v) is 20.8. The summed E-state index contributed by atoms with van der Waals surface area (Å²) in [6.45, 7) is 21.9. The molecule has 3 saturated heterocycles. The Morgan fingerprint density at radius 1 is 0.862 bits per heavy atom. The van der Waals surface area contributed by atoms with Gasteiger partial charge in [0.1, 0.15) is 34.0 Å². The summed E-state index contributed by atoms with van der Waals surface area (Å²) in [5.74, 6) is -1.13. The zero-order chi connectivity index (χ0) is 47.4. The van der Waals surface area contributed by atoms with Crippen LogP contribution in [0.5, 0.6) is 6.01 Å². The molecule has 15 nitrogen and oxygen atoms in total. The van der Waals surface area contributed by atoms with Gasteiger partial charge in [-0.25, -0.2) is 23.4 Å². The first-order valence-corrected chi connectivity index (χ1v) is 23.3. The van der Waals surface area contributed by atoms with Gasteiger partial charge in [-0.3, -0.25) is 15.0 Å². The Bertz CT molecular complexity index is 2350. The van der Waals surface area contributed by atoms with Crippen molar-refractivity contribution in [2.45, 2.75) is 130 Å². The normalized spacial score (nSPS) is 17.9. The number of fused-ring (bicyclic) bond motifs is 4. The van der Waals surface area contributed by atoms with Crippen LogP contribution in [0.4, 0.5) is 29.3 Å². The lowest BCUT2D eigenvalue weighted by Crippen LogP contribution is -2.57. The fourth-order valence-electron chi connectivity index (χ4n) is 8.10. The smallest absolute Gasteiger partial charge is 0.413 e. The van der Waals surface area contributed by atoms with E-state index in [2.05, 4.69) is 25.2 Å². The van der Waals surface area contributed by atoms with Gasteiger partial charge in [-0.2, -0.15) is 9.97 Å². The molecule has 0 aliphatic carbocycles. The zero-order valence-electron chi connectivity index (χ0n) is 39.1. The van der Waals surface area contributed by atoms with Gasteiger partial charge in [0.2, 0.25) is 0 Å². The van der Waals surface area contributed by atoms with Gasteiger partial charge in [0.05, 0.1) is 47.5 Å². The first kappa shape index (κ1) is 49.8. The third-order valence-corrected chi connectivity index (χ3v) is 11.9. The maximum atomic E-state index is 16.7. The molecule has 2 amide bonds. The number of thiazole rings is 1. The van der Waals surface area contributed by atoms with Crippen molar-refractivity contribution < 1.29 is 46.8 Å². The van der Waals surface area contributed by atoms with Crippen molar-refractivity contribution in [1.29, 1.82) is 0 Å². The number of ether oxygens (including phenoxy) is 5. The van der Waals surface area contributed by atoms with E-state index in [9.17, 15) is 18.8 Å². The topological polar surface area (TPSA) is 158 Å². The van der Waals surface area contributed by atoms with Gasteiger partial charge in [-0.1, -0.05) is 22.9 Å². The van der Waals surface area contributed by atoms with Crippen molar-refractivity contribution in [3.05, 3.63) is 34.9 Å². The van der Waals surface area contributed by atoms with Gasteiger partial charge in [0.15, 0.2) is 10.9 Å². The summed E-state index contributed by atoms with van der Waals surface area (Å²) in [6, 6.07) is 3.85. The maximum Gasteiger partial charge on any atom is 0.413 e. The van der Waals surface area contributed by atoms with E-state index >= 15 is 4.39 Å². The van der Waals surface area contributed by atoms with Crippen LogP contribution in [0.25, 0.3) is 32.2 Å². The van der Waals surface area contributed by atoms with Crippen LogP contribution >= 0.6 is 22.9 Å². The SMILES string of the molecule is CC(C)(C)OC(=O)CCOCCCN1CCCC1.COc1nc(N2CC3CCC(C2)N3C(=O)OC(C)(C)C)c2cc(Cl)c(-c3ccc(F)c4sc(NC(=O)OC(C)(C)C)nc34)c(F)c2n1. The largest absolute Gasteiger partial charge is 0.467 e. The van der Waals surface area contributed by atoms with Crippen LogP contribution in [0.1, 0.15) is 101 Å². The quantitative estimate of drug-likeness (QED) is 0.0862. The summed E-state index contributed by atoms with van der Waals surface area (Å²) >= 11 is 7.69. The molecule has 65 heavy (non-hydrogen) atoms. The van der Waals surface area contributed by atoms with E-state index in [-0.39, 0.29) is 67.2 Å². The molecular formula is C46H62ClF2N7O8S. The number of piperazine rings is 1. The number of methoxy groups -OCH3 is 1. The lowest BCUT2D eigenvalue weighted by atomic mass is 10.0. The number of halogens is 3. The average molecular weight is 947 g/mol. The number of esters is 1. The molecule has 0 radical (unpaired) electrons. The van der Waals surface area contributed by atoms with Gasteiger partial charge in [0, 0.05) is 42.8 Å². The van der Waals surface area contributed by atoms with E-state index in [4.69, 9.17) is 35.3 Å². The molecule has 5 heterocycles. The van der Waals surface area contributed by atoms with Crippen molar-refractivity contribution in [2.75, 3.05) is 63.3 Å².